The molecule has 1 atom stereocenters. The van der Waals surface area contributed by atoms with Gasteiger partial charge in [0.2, 0.25) is 0 Å². The van der Waals surface area contributed by atoms with Crippen LogP contribution in [0.2, 0.25) is 0 Å². The van der Waals surface area contributed by atoms with Crippen molar-refractivity contribution in [3.05, 3.63) is 6.42 Å². The zero-order valence-electron chi connectivity index (χ0n) is 27.8. The second kappa shape index (κ2) is 33.8. The van der Waals surface area contributed by atoms with Crippen molar-refractivity contribution in [2.24, 2.45) is 5.92 Å². The number of carbonyl (C=O) groups is 1. The van der Waals surface area contributed by atoms with Crippen molar-refractivity contribution in [1.82, 2.24) is 0 Å². The minimum atomic E-state index is -0.336. The molecule has 5 heteroatoms. The van der Waals surface area contributed by atoms with Crippen LogP contribution in [0.15, 0.2) is 0 Å². The van der Waals surface area contributed by atoms with E-state index in [1.807, 2.05) is 0 Å². The molecule has 5 nitrogen and oxygen atoms in total. The summed E-state index contributed by atoms with van der Waals surface area (Å²) in [4.78, 5) is 12.5. The number of hydrogen-bond acceptors (Lipinski definition) is 5. The van der Waals surface area contributed by atoms with Crippen LogP contribution in [0, 0.1) is 12.3 Å². The fourth-order valence-electron chi connectivity index (χ4n) is 5.11. The fourth-order valence-corrected chi connectivity index (χ4v) is 5.11. The summed E-state index contributed by atoms with van der Waals surface area (Å²) in [5.74, 6) is -0.173. The predicted octanol–water partition coefficient (Wildman–Crippen LogP) is 10.5. The third-order valence-corrected chi connectivity index (χ3v) is 7.94. The number of ether oxygens (including phenoxy) is 3. The molecule has 0 rings (SSSR count). The van der Waals surface area contributed by atoms with Crippen LogP contribution in [-0.4, -0.2) is 43.8 Å². The van der Waals surface area contributed by atoms with Crippen LogP contribution in [0.5, 0.6) is 0 Å². The zero-order valence-corrected chi connectivity index (χ0v) is 27.8. The smallest absolute Gasteiger partial charge is 0.305 e. The van der Waals surface area contributed by atoms with Crippen molar-refractivity contribution in [2.75, 3.05) is 26.4 Å². The van der Waals surface area contributed by atoms with Gasteiger partial charge in [0.1, 0.15) is 0 Å². The van der Waals surface area contributed by atoms with E-state index in [2.05, 4.69) is 27.2 Å². The Labute approximate surface area is 256 Å². The molecule has 0 saturated carbocycles. The predicted molar refractivity (Wildman–Crippen MR) is 174 cm³/mol. The Hall–Kier alpha value is -0.650. The van der Waals surface area contributed by atoms with E-state index in [-0.39, 0.29) is 24.8 Å². The highest BCUT2D eigenvalue weighted by Crippen LogP contribution is 2.16. The van der Waals surface area contributed by atoms with Gasteiger partial charge < -0.3 is 19.3 Å². The maximum absolute atomic E-state index is 12.5. The molecular weight excluding hydrogens is 512 g/mol. The SMILES string of the molecule is CCC[CH]CCCCCCCCCC(CO)COC(=O)CCC(OCCCCCCCC)OCCCCCCCC. The van der Waals surface area contributed by atoms with Crippen LogP contribution in [0.3, 0.4) is 0 Å². The largest absolute Gasteiger partial charge is 0.465 e. The summed E-state index contributed by atoms with van der Waals surface area (Å²) in [6, 6.07) is 0. The molecule has 0 heterocycles. The lowest BCUT2D eigenvalue weighted by Crippen LogP contribution is -2.22. The van der Waals surface area contributed by atoms with Gasteiger partial charge in [0.15, 0.2) is 6.29 Å². The Kier molecular flexibility index (Phi) is 33.3. The highest BCUT2D eigenvalue weighted by molar-refractivity contribution is 5.69. The van der Waals surface area contributed by atoms with Crippen molar-refractivity contribution in [1.29, 1.82) is 0 Å². The Balaban J connectivity index is 4.09. The number of hydrogen-bond donors (Lipinski definition) is 1. The zero-order chi connectivity index (χ0) is 30.1. The van der Waals surface area contributed by atoms with Gasteiger partial charge >= 0.3 is 5.97 Å². The van der Waals surface area contributed by atoms with E-state index in [1.54, 1.807) is 0 Å². The molecule has 0 aromatic rings. The Bertz CT molecular complexity index is 494. The third-order valence-electron chi connectivity index (χ3n) is 7.94. The maximum Gasteiger partial charge on any atom is 0.305 e. The molecule has 1 unspecified atom stereocenters. The number of unbranched alkanes of at least 4 members (excludes halogenated alkanes) is 20. The molecular formula is C36H71O5. The molecule has 41 heavy (non-hydrogen) atoms. The molecule has 0 saturated heterocycles. The molecule has 1 radical (unpaired) electrons. The van der Waals surface area contributed by atoms with Gasteiger partial charge in [0, 0.05) is 32.2 Å². The number of rotatable bonds is 34. The topological polar surface area (TPSA) is 65.0 Å². The first-order chi connectivity index (χ1) is 20.2. The highest BCUT2D eigenvalue weighted by Gasteiger charge is 2.15. The van der Waals surface area contributed by atoms with E-state index in [9.17, 15) is 9.90 Å². The van der Waals surface area contributed by atoms with Crippen molar-refractivity contribution >= 4 is 5.97 Å². The molecule has 0 bridgehead atoms. The average Bonchev–Trinajstić information content (AvgIpc) is 2.98. The summed E-state index contributed by atoms with van der Waals surface area (Å²) < 4.78 is 17.6. The second-order valence-corrected chi connectivity index (χ2v) is 12.1. The van der Waals surface area contributed by atoms with E-state index in [4.69, 9.17) is 14.2 Å². The van der Waals surface area contributed by atoms with E-state index in [0.717, 1.165) is 25.7 Å². The van der Waals surface area contributed by atoms with E-state index in [1.165, 1.54) is 122 Å². The molecule has 0 spiro atoms. The van der Waals surface area contributed by atoms with Gasteiger partial charge in [-0.25, -0.2) is 0 Å². The number of carbonyl (C=O) groups excluding carboxylic acids is 1. The molecule has 1 N–H and O–H groups in total. The van der Waals surface area contributed by atoms with E-state index in [0.29, 0.717) is 32.7 Å². The molecule has 0 aliphatic heterocycles. The molecule has 0 aliphatic carbocycles. The summed E-state index contributed by atoms with van der Waals surface area (Å²) in [5.41, 5.74) is 0. The van der Waals surface area contributed by atoms with Gasteiger partial charge in [-0.15, -0.1) is 0 Å². The average molecular weight is 584 g/mol. The lowest BCUT2D eigenvalue weighted by atomic mass is 10.0. The molecule has 0 aromatic carbocycles. The number of esters is 1. The first kappa shape index (κ1) is 40.4. The van der Waals surface area contributed by atoms with Gasteiger partial charge in [-0.05, 0) is 25.7 Å². The summed E-state index contributed by atoms with van der Waals surface area (Å²) in [7, 11) is 0. The first-order valence-electron chi connectivity index (χ1n) is 18.0. The standard InChI is InChI=1S/C36H71O5/c1-4-7-10-13-16-17-18-19-20-21-24-27-34(32-37)33-41-35(38)28-29-36(39-30-25-22-14-11-8-5-2)40-31-26-23-15-12-9-6-3/h10,34,36-37H,4-9,11-33H2,1-3H3. The Morgan fingerprint density at radius 1 is 0.610 bits per heavy atom. The first-order valence-corrected chi connectivity index (χ1v) is 18.0. The number of aliphatic hydroxyl groups excluding tert-OH is 1. The van der Waals surface area contributed by atoms with E-state index >= 15 is 0 Å². The minimum Gasteiger partial charge on any atom is -0.465 e. The van der Waals surface area contributed by atoms with Gasteiger partial charge in [0.25, 0.3) is 0 Å². The summed E-state index contributed by atoms with van der Waals surface area (Å²) in [5, 5.41) is 9.76. The van der Waals surface area contributed by atoms with Gasteiger partial charge in [0.05, 0.1) is 13.0 Å². The Morgan fingerprint density at radius 3 is 1.66 bits per heavy atom. The monoisotopic (exact) mass is 584 g/mol. The van der Waals surface area contributed by atoms with Crippen LogP contribution in [0.25, 0.3) is 0 Å². The molecule has 0 aromatic heterocycles. The molecule has 245 valence electrons. The lowest BCUT2D eigenvalue weighted by molar-refractivity contribution is -0.160. The van der Waals surface area contributed by atoms with Crippen molar-refractivity contribution in [3.8, 4) is 0 Å². The van der Waals surface area contributed by atoms with Gasteiger partial charge in [-0.2, -0.15) is 0 Å². The minimum absolute atomic E-state index is 0.0387. The maximum atomic E-state index is 12.5. The van der Waals surface area contributed by atoms with Crippen LogP contribution < -0.4 is 0 Å². The lowest BCUT2D eigenvalue weighted by Gasteiger charge is -2.19. The Morgan fingerprint density at radius 2 is 1.12 bits per heavy atom. The molecule has 0 aliphatic rings. The summed E-state index contributed by atoms with van der Waals surface area (Å²) in [6.45, 7) is 8.47. The highest BCUT2D eigenvalue weighted by atomic mass is 16.7. The van der Waals surface area contributed by atoms with Gasteiger partial charge in [-0.3, -0.25) is 4.79 Å². The van der Waals surface area contributed by atoms with Crippen molar-refractivity contribution in [3.63, 3.8) is 0 Å². The molecule has 0 amide bonds. The third kappa shape index (κ3) is 30.6. The van der Waals surface area contributed by atoms with Crippen LogP contribution >= 0.6 is 0 Å². The van der Waals surface area contributed by atoms with Gasteiger partial charge in [-0.1, -0.05) is 149 Å². The van der Waals surface area contributed by atoms with Crippen molar-refractivity contribution in [2.45, 2.75) is 188 Å². The fraction of sp³-hybridized carbons (Fsp3) is 0.944. The van der Waals surface area contributed by atoms with E-state index < -0.39 is 0 Å². The molecule has 0 fully saturated rings. The summed E-state index contributed by atoms with van der Waals surface area (Å²) >= 11 is 0. The van der Waals surface area contributed by atoms with Crippen LogP contribution in [0.1, 0.15) is 181 Å². The summed E-state index contributed by atoms with van der Waals surface area (Å²) in [6.07, 6.45) is 31.2. The quantitative estimate of drug-likeness (QED) is 0.0464. The second-order valence-electron chi connectivity index (χ2n) is 12.1. The van der Waals surface area contributed by atoms with Crippen molar-refractivity contribution < 1.29 is 24.1 Å². The van der Waals surface area contributed by atoms with Crippen LogP contribution in [-0.2, 0) is 19.0 Å². The van der Waals surface area contributed by atoms with Crippen LogP contribution in [0.4, 0.5) is 0 Å². The normalized spacial score (nSPS) is 12.3. The number of aliphatic hydroxyl groups is 1.